The standard InChI is InChI=1S/C15H21N3O3.ClH/c1-9(2)14(16)15-17-13(18-21-15)8-10-5-6-11(19-3)12(7-10)20-4;/h5-7,9,14H,8,16H2,1-4H3;1H/t14-;/m0./s1. The largest absolute Gasteiger partial charge is 0.493 e. The monoisotopic (exact) mass is 327 g/mol. The van der Waals surface area contributed by atoms with Gasteiger partial charge in [-0.05, 0) is 23.6 Å². The summed E-state index contributed by atoms with van der Waals surface area (Å²) in [6, 6.07) is 5.46. The first-order valence-electron chi connectivity index (χ1n) is 6.84. The van der Waals surface area contributed by atoms with E-state index in [1.807, 2.05) is 32.0 Å². The molecule has 2 aromatic rings. The highest BCUT2D eigenvalue weighted by Crippen LogP contribution is 2.28. The van der Waals surface area contributed by atoms with Crippen molar-refractivity contribution in [2.24, 2.45) is 11.7 Å². The number of ether oxygens (including phenoxy) is 2. The lowest BCUT2D eigenvalue weighted by Crippen LogP contribution is -2.17. The Balaban J connectivity index is 0.00000242. The Hall–Kier alpha value is -1.79. The zero-order valence-electron chi connectivity index (χ0n) is 13.2. The van der Waals surface area contributed by atoms with Crippen LogP contribution in [0.15, 0.2) is 22.7 Å². The molecular formula is C15H22ClN3O3. The van der Waals surface area contributed by atoms with Gasteiger partial charge in [-0.25, -0.2) is 0 Å². The van der Waals surface area contributed by atoms with Crippen molar-refractivity contribution >= 4 is 12.4 Å². The molecule has 0 amide bonds. The molecule has 1 heterocycles. The van der Waals surface area contributed by atoms with E-state index in [9.17, 15) is 0 Å². The van der Waals surface area contributed by atoms with Gasteiger partial charge in [0, 0.05) is 6.42 Å². The fraction of sp³-hybridized carbons (Fsp3) is 0.467. The molecule has 0 saturated carbocycles. The maximum Gasteiger partial charge on any atom is 0.243 e. The summed E-state index contributed by atoms with van der Waals surface area (Å²) in [7, 11) is 3.21. The van der Waals surface area contributed by atoms with Crippen LogP contribution in [-0.4, -0.2) is 24.4 Å². The van der Waals surface area contributed by atoms with Gasteiger partial charge in [-0.15, -0.1) is 12.4 Å². The summed E-state index contributed by atoms with van der Waals surface area (Å²) >= 11 is 0. The minimum atomic E-state index is -0.239. The van der Waals surface area contributed by atoms with Crippen LogP contribution in [-0.2, 0) is 6.42 Å². The molecule has 0 spiro atoms. The first-order chi connectivity index (χ1) is 10.0. The predicted molar refractivity (Wildman–Crippen MR) is 85.7 cm³/mol. The average Bonchev–Trinajstić information content (AvgIpc) is 2.94. The summed E-state index contributed by atoms with van der Waals surface area (Å²) in [5.41, 5.74) is 7.01. The smallest absolute Gasteiger partial charge is 0.243 e. The van der Waals surface area contributed by atoms with Crippen molar-refractivity contribution in [3.63, 3.8) is 0 Å². The molecule has 22 heavy (non-hydrogen) atoms. The highest BCUT2D eigenvalue weighted by molar-refractivity contribution is 5.85. The van der Waals surface area contributed by atoms with Gasteiger partial charge in [0.1, 0.15) is 0 Å². The normalized spacial score (nSPS) is 11.9. The lowest BCUT2D eigenvalue weighted by atomic mass is 10.1. The lowest BCUT2D eigenvalue weighted by Gasteiger charge is -2.09. The second-order valence-corrected chi connectivity index (χ2v) is 5.18. The van der Waals surface area contributed by atoms with Crippen molar-refractivity contribution in [2.45, 2.75) is 26.3 Å². The molecule has 0 aliphatic heterocycles. The van der Waals surface area contributed by atoms with E-state index in [2.05, 4.69) is 10.1 Å². The quantitative estimate of drug-likeness (QED) is 0.878. The highest BCUT2D eigenvalue weighted by atomic mass is 35.5. The minimum absolute atomic E-state index is 0. The molecule has 122 valence electrons. The molecule has 0 saturated heterocycles. The van der Waals surface area contributed by atoms with E-state index in [4.69, 9.17) is 19.7 Å². The Kier molecular flexibility index (Phi) is 6.64. The molecule has 0 aliphatic rings. The van der Waals surface area contributed by atoms with Gasteiger partial charge in [0.05, 0.1) is 20.3 Å². The summed E-state index contributed by atoms with van der Waals surface area (Å²) in [5.74, 6) is 2.70. The second kappa shape index (κ2) is 8.00. The number of nitrogens with zero attached hydrogens (tertiary/aromatic N) is 2. The Morgan fingerprint density at radius 3 is 2.45 bits per heavy atom. The van der Waals surface area contributed by atoms with E-state index >= 15 is 0 Å². The van der Waals surface area contributed by atoms with Gasteiger partial charge in [-0.3, -0.25) is 0 Å². The van der Waals surface area contributed by atoms with Gasteiger partial charge in [0.2, 0.25) is 5.89 Å². The number of aromatic nitrogens is 2. The molecule has 6 nitrogen and oxygen atoms in total. The molecule has 0 radical (unpaired) electrons. The fourth-order valence-corrected chi connectivity index (χ4v) is 1.93. The first kappa shape index (κ1) is 18.3. The summed E-state index contributed by atoms with van der Waals surface area (Å²) in [6.07, 6.45) is 0.550. The van der Waals surface area contributed by atoms with E-state index in [0.29, 0.717) is 29.6 Å². The van der Waals surface area contributed by atoms with Crippen LogP contribution < -0.4 is 15.2 Å². The molecule has 1 aromatic carbocycles. The number of hydrogen-bond acceptors (Lipinski definition) is 6. The van der Waals surface area contributed by atoms with Crippen LogP contribution in [0.1, 0.15) is 37.2 Å². The predicted octanol–water partition coefficient (Wildman–Crippen LogP) is 2.76. The Labute approximate surface area is 136 Å². The summed E-state index contributed by atoms with van der Waals surface area (Å²) in [4.78, 5) is 4.35. The van der Waals surface area contributed by atoms with Crippen LogP contribution in [0.4, 0.5) is 0 Å². The van der Waals surface area contributed by atoms with Crippen molar-refractivity contribution in [2.75, 3.05) is 14.2 Å². The van der Waals surface area contributed by atoms with Crippen molar-refractivity contribution in [1.82, 2.24) is 10.1 Å². The molecule has 0 fully saturated rings. The van der Waals surface area contributed by atoms with Gasteiger partial charge in [0.25, 0.3) is 0 Å². The van der Waals surface area contributed by atoms with Crippen LogP contribution >= 0.6 is 12.4 Å². The van der Waals surface area contributed by atoms with Crippen molar-refractivity contribution < 1.29 is 14.0 Å². The van der Waals surface area contributed by atoms with Crippen LogP contribution in [0.5, 0.6) is 11.5 Å². The molecule has 0 aliphatic carbocycles. The van der Waals surface area contributed by atoms with Gasteiger partial charge in [-0.1, -0.05) is 25.1 Å². The lowest BCUT2D eigenvalue weighted by molar-refractivity contribution is 0.322. The van der Waals surface area contributed by atoms with Gasteiger partial charge in [-0.2, -0.15) is 4.98 Å². The number of halogens is 1. The van der Waals surface area contributed by atoms with Crippen molar-refractivity contribution in [3.8, 4) is 11.5 Å². The SMILES string of the molecule is COc1ccc(Cc2noc([C@@H](N)C(C)C)n2)cc1OC.Cl. The molecule has 2 N–H and O–H groups in total. The second-order valence-electron chi connectivity index (χ2n) is 5.18. The van der Waals surface area contributed by atoms with Crippen molar-refractivity contribution in [1.29, 1.82) is 0 Å². The Morgan fingerprint density at radius 1 is 1.18 bits per heavy atom. The third kappa shape index (κ3) is 4.11. The third-order valence-electron chi connectivity index (χ3n) is 3.30. The zero-order valence-corrected chi connectivity index (χ0v) is 14.0. The van der Waals surface area contributed by atoms with Crippen LogP contribution in [0.25, 0.3) is 0 Å². The van der Waals surface area contributed by atoms with Gasteiger partial charge in [0.15, 0.2) is 17.3 Å². The number of methoxy groups -OCH3 is 2. The Bertz CT molecular complexity index is 601. The fourth-order valence-electron chi connectivity index (χ4n) is 1.93. The Morgan fingerprint density at radius 2 is 1.86 bits per heavy atom. The van der Waals surface area contributed by atoms with Crippen LogP contribution in [0.3, 0.4) is 0 Å². The summed E-state index contributed by atoms with van der Waals surface area (Å²) in [6.45, 7) is 4.03. The summed E-state index contributed by atoms with van der Waals surface area (Å²) in [5, 5.41) is 3.97. The number of benzene rings is 1. The molecule has 0 unspecified atom stereocenters. The zero-order chi connectivity index (χ0) is 15.4. The summed E-state index contributed by atoms with van der Waals surface area (Å²) < 4.78 is 15.7. The van der Waals surface area contributed by atoms with E-state index in [1.54, 1.807) is 14.2 Å². The molecular weight excluding hydrogens is 306 g/mol. The van der Waals surface area contributed by atoms with Gasteiger partial charge < -0.3 is 19.7 Å². The molecule has 7 heteroatoms. The van der Waals surface area contributed by atoms with Crippen LogP contribution in [0, 0.1) is 5.92 Å². The number of nitrogens with two attached hydrogens (primary N) is 1. The third-order valence-corrected chi connectivity index (χ3v) is 3.30. The maximum absolute atomic E-state index is 6.00. The van der Waals surface area contributed by atoms with E-state index in [0.717, 1.165) is 5.56 Å². The molecule has 1 atom stereocenters. The van der Waals surface area contributed by atoms with Crippen molar-refractivity contribution in [3.05, 3.63) is 35.5 Å². The number of rotatable bonds is 6. The van der Waals surface area contributed by atoms with E-state index in [1.165, 1.54) is 0 Å². The van der Waals surface area contributed by atoms with E-state index < -0.39 is 0 Å². The molecule has 2 rings (SSSR count). The number of hydrogen-bond donors (Lipinski definition) is 1. The topological polar surface area (TPSA) is 83.4 Å². The molecule has 0 bridgehead atoms. The highest BCUT2D eigenvalue weighted by Gasteiger charge is 2.18. The van der Waals surface area contributed by atoms with Gasteiger partial charge >= 0.3 is 0 Å². The first-order valence-corrected chi connectivity index (χ1v) is 6.84. The average molecular weight is 328 g/mol. The minimum Gasteiger partial charge on any atom is -0.493 e. The van der Waals surface area contributed by atoms with E-state index in [-0.39, 0.29) is 24.4 Å². The maximum atomic E-state index is 6.00. The molecule has 1 aromatic heterocycles. The van der Waals surface area contributed by atoms with Crippen LogP contribution in [0.2, 0.25) is 0 Å².